The summed E-state index contributed by atoms with van der Waals surface area (Å²) < 4.78 is 0. The van der Waals surface area contributed by atoms with Crippen LogP contribution in [-0.4, -0.2) is 35.1 Å². The lowest BCUT2D eigenvalue weighted by atomic mass is 10.2. The molecular formula is C13H18ClN3S2. The van der Waals surface area contributed by atoms with E-state index in [2.05, 4.69) is 48.1 Å². The van der Waals surface area contributed by atoms with E-state index in [-0.39, 0.29) is 0 Å². The first kappa shape index (κ1) is 14.9. The predicted molar refractivity (Wildman–Crippen MR) is 88.1 cm³/mol. The summed E-state index contributed by atoms with van der Waals surface area (Å²) in [7, 11) is 2.07. The Balaban J connectivity index is 2.48. The number of aryl methyl sites for hydroxylation is 1. The lowest BCUT2D eigenvalue weighted by Gasteiger charge is -2.25. The van der Waals surface area contributed by atoms with Crippen LogP contribution < -0.4 is 4.90 Å². The molecule has 3 nitrogen and oxygen atoms in total. The third kappa shape index (κ3) is 3.15. The van der Waals surface area contributed by atoms with Crippen LogP contribution in [-0.2, 0) is 6.42 Å². The van der Waals surface area contributed by atoms with Crippen LogP contribution in [0.15, 0.2) is 6.07 Å². The molecule has 0 N–H and O–H groups in total. The summed E-state index contributed by atoms with van der Waals surface area (Å²) in [5, 5.41) is 1.44. The molecule has 2 heterocycles. The van der Waals surface area contributed by atoms with E-state index >= 15 is 0 Å². The van der Waals surface area contributed by atoms with Crippen LogP contribution in [0.1, 0.15) is 18.7 Å². The van der Waals surface area contributed by atoms with Crippen LogP contribution in [0.5, 0.6) is 0 Å². The molecule has 0 radical (unpaired) electrons. The zero-order valence-corrected chi connectivity index (χ0v) is 14.0. The fraction of sp³-hybridized carbons (Fsp3) is 0.538. The largest absolute Gasteiger partial charge is 0.355 e. The standard InChI is InChI=1S/C13H18ClN3S2/c1-5-9-6-10-11(17(3)8(2)7-18-4)15-13(14)16-12(10)19-9/h6,8H,5,7H2,1-4H3. The number of aromatic nitrogens is 2. The van der Waals surface area contributed by atoms with Gasteiger partial charge in [0.25, 0.3) is 0 Å². The number of thioether (sulfide) groups is 1. The monoisotopic (exact) mass is 315 g/mol. The highest BCUT2D eigenvalue weighted by Gasteiger charge is 2.17. The Labute approximate surface area is 127 Å². The van der Waals surface area contributed by atoms with Gasteiger partial charge in [0.2, 0.25) is 5.28 Å². The van der Waals surface area contributed by atoms with Gasteiger partial charge in [-0.05, 0) is 37.3 Å². The second kappa shape index (κ2) is 6.29. The summed E-state index contributed by atoms with van der Waals surface area (Å²) in [6.07, 6.45) is 3.13. The lowest BCUT2D eigenvalue weighted by molar-refractivity contribution is 0.756. The zero-order chi connectivity index (χ0) is 14.0. The van der Waals surface area contributed by atoms with E-state index in [1.54, 1.807) is 11.3 Å². The number of hydrogen-bond acceptors (Lipinski definition) is 5. The average Bonchev–Trinajstić information content (AvgIpc) is 2.79. The Morgan fingerprint density at radius 3 is 2.84 bits per heavy atom. The van der Waals surface area contributed by atoms with Crippen LogP contribution in [0.3, 0.4) is 0 Å². The van der Waals surface area contributed by atoms with Crippen molar-refractivity contribution in [2.45, 2.75) is 26.3 Å². The van der Waals surface area contributed by atoms with Crippen LogP contribution in [0, 0.1) is 0 Å². The molecule has 0 aromatic carbocycles. The van der Waals surface area contributed by atoms with Gasteiger partial charge in [-0.15, -0.1) is 11.3 Å². The lowest BCUT2D eigenvalue weighted by Crippen LogP contribution is -2.31. The maximum Gasteiger partial charge on any atom is 0.225 e. The molecule has 0 amide bonds. The quantitative estimate of drug-likeness (QED) is 0.777. The Kier molecular flexibility index (Phi) is 4.92. The van der Waals surface area contributed by atoms with Crippen molar-refractivity contribution in [2.75, 3.05) is 24.0 Å². The maximum absolute atomic E-state index is 6.05. The van der Waals surface area contributed by atoms with Gasteiger partial charge in [0.15, 0.2) is 0 Å². The highest BCUT2D eigenvalue weighted by molar-refractivity contribution is 7.98. The molecule has 1 atom stereocenters. The summed E-state index contributed by atoms with van der Waals surface area (Å²) in [5.41, 5.74) is 0. The van der Waals surface area contributed by atoms with E-state index in [1.807, 2.05) is 11.8 Å². The van der Waals surface area contributed by atoms with Crippen LogP contribution >= 0.6 is 34.7 Å². The second-order valence-electron chi connectivity index (χ2n) is 4.52. The molecular weight excluding hydrogens is 298 g/mol. The minimum absolute atomic E-state index is 0.329. The van der Waals surface area contributed by atoms with E-state index in [9.17, 15) is 0 Å². The molecule has 6 heteroatoms. The molecule has 0 saturated carbocycles. The first-order valence-electron chi connectivity index (χ1n) is 6.24. The second-order valence-corrected chi connectivity index (χ2v) is 6.88. The highest BCUT2D eigenvalue weighted by atomic mass is 35.5. The van der Waals surface area contributed by atoms with Gasteiger partial charge in [0, 0.05) is 23.7 Å². The van der Waals surface area contributed by atoms with Gasteiger partial charge in [-0.3, -0.25) is 0 Å². The summed E-state index contributed by atoms with van der Waals surface area (Å²) in [6.45, 7) is 4.35. The molecule has 0 aliphatic carbocycles. The molecule has 2 rings (SSSR count). The van der Waals surface area contributed by atoms with Crippen LogP contribution in [0.4, 0.5) is 5.82 Å². The van der Waals surface area contributed by atoms with E-state index in [0.717, 1.165) is 28.2 Å². The van der Waals surface area contributed by atoms with Crippen molar-refractivity contribution in [2.24, 2.45) is 0 Å². The number of thiophene rings is 1. The molecule has 2 aromatic rings. The zero-order valence-electron chi connectivity index (χ0n) is 11.6. The maximum atomic E-state index is 6.05. The van der Waals surface area contributed by atoms with Crippen molar-refractivity contribution in [1.82, 2.24) is 9.97 Å². The van der Waals surface area contributed by atoms with Crippen LogP contribution in [0.25, 0.3) is 10.2 Å². The molecule has 104 valence electrons. The fourth-order valence-electron chi connectivity index (χ4n) is 1.94. The third-order valence-electron chi connectivity index (χ3n) is 3.15. The minimum atomic E-state index is 0.329. The molecule has 0 aliphatic heterocycles. The molecule has 0 fully saturated rings. The normalized spacial score (nSPS) is 12.9. The Morgan fingerprint density at radius 1 is 1.47 bits per heavy atom. The van der Waals surface area contributed by atoms with Gasteiger partial charge < -0.3 is 4.90 Å². The number of rotatable bonds is 5. The van der Waals surface area contributed by atoms with Gasteiger partial charge in [-0.25, -0.2) is 4.98 Å². The van der Waals surface area contributed by atoms with Crippen molar-refractivity contribution < 1.29 is 0 Å². The van der Waals surface area contributed by atoms with Crippen LogP contribution in [0.2, 0.25) is 5.28 Å². The Hall–Kier alpha value is -0.520. The topological polar surface area (TPSA) is 29.0 Å². The van der Waals surface area contributed by atoms with Crippen molar-refractivity contribution in [1.29, 1.82) is 0 Å². The van der Waals surface area contributed by atoms with E-state index in [0.29, 0.717) is 11.3 Å². The molecule has 0 bridgehead atoms. The highest BCUT2D eigenvalue weighted by Crippen LogP contribution is 2.32. The summed E-state index contributed by atoms with van der Waals surface area (Å²) in [6, 6.07) is 2.60. The number of fused-ring (bicyclic) bond motifs is 1. The van der Waals surface area contributed by atoms with Gasteiger partial charge in [0.05, 0.1) is 5.39 Å². The van der Waals surface area contributed by atoms with Gasteiger partial charge in [0.1, 0.15) is 10.6 Å². The molecule has 2 aromatic heterocycles. The number of halogens is 1. The molecule has 1 unspecified atom stereocenters. The molecule has 0 aliphatic rings. The van der Waals surface area contributed by atoms with Crippen molar-refractivity contribution in [3.05, 3.63) is 16.2 Å². The number of hydrogen-bond donors (Lipinski definition) is 0. The SMILES string of the molecule is CCc1cc2c(N(C)C(C)CSC)nc(Cl)nc2s1. The molecule has 0 saturated heterocycles. The number of anilines is 1. The molecule has 19 heavy (non-hydrogen) atoms. The van der Waals surface area contributed by atoms with Crippen molar-refractivity contribution >= 4 is 50.7 Å². The Morgan fingerprint density at radius 2 is 2.21 bits per heavy atom. The number of nitrogens with zero attached hydrogens (tertiary/aromatic N) is 3. The van der Waals surface area contributed by atoms with E-state index in [1.165, 1.54) is 4.88 Å². The molecule has 0 spiro atoms. The third-order valence-corrected chi connectivity index (χ3v) is 5.31. The summed E-state index contributed by atoms with van der Waals surface area (Å²) in [5.74, 6) is 2.00. The first-order chi connectivity index (χ1) is 9.06. The summed E-state index contributed by atoms with van der Waals surface area (Å²) in [4.78, 5) is 13.3. The van der Waals surface area contributed by atoms with E-state index in [4.69, 9.17) is 11.6 Å². The average molecular weight is 316 g/mol. The van der Waals surface area contributed by atoms with E-state index < -0.39 is 0 Å². The smallest absolute Gasteiger partial charge is 0.225 e. The van der Waals surface area contributed by atoms with Crippen molar-refractivity contribution in [3.63, 3.8) is 0 Å². The van der Waals surface area contributed by atoms with Gasteiger partial charge >= 0.3 is 0 Å². The van der Waals surface area contributed by atoms with Gasteiger partial charge in [-0.2, -0.15) is 16.7 Å². The van der Waals surface area contributed by atoms with Gasteiger partial charge in [-0.1, -0.05) is 6.92 Å². The minimum Gasteiger partial charge on any atom is -0.355 e. The summed E-state index contributed by atoms with van der Waals surface area (Å²) >= 11 is 9.59. The predicted octanol–water partition coefficient (Wildman–Crippen LogP) is 4.09. The van der Waals surface area contributed by atoms with Crippen molar-refractivity contribution in [3.8, 4) is 0 Å². The first-order valence-corrected chi connectivity index (χ1v) is 8.83. The Bertz CT molecular complexity index is 570. The fourth-order valence-corrected chi connectivity index (χ4v) is 3.82.